The highest BCUT2D eigenvalue weighted by atomic mass is 16.5. The zero-order valence-corrected chi connectivity index (χ0v) is 11.9. The molecular formula is C17H17NO3. The van der Waals surface area contributed by atoms with Gasteiger partial charge >= 0.3 is 0 Å². The van der Waals surface area contributed by atoms with Gasteiger partial charge in [0.05, 0.1) is 12.5 Å². The standard InChI is InChI=1S/C17H17NO3/c1-20-13-5-2-9-8-11-10-3-4-12(19)16-17(10,6-7-18-11)14(9)15(13)21-16/h2-5,10-11,16,18H,6-8H2,1H3/t10-,11+,16-,17-/m0/s1. The van der Waals surface area contributed by atoms with Crippen molar-refractivity contribution in [3.8, 4) is 11.5 Å². The van der Waals surface area contributed by atoms with E-state index in [1.807, 2.05) is 6.07 Å². The zero-order valence-electron chi connectivity index (χ0n) is 11.9. The van der Waals surface area contributed by atoms with E-state index in [0.29, 0.717) is 12.0 Å². The van der Waals surface area contributed by atoms with Crippen molar-refractivity contribution in [1.82, 2.24) is 5.32 Å². The van der Waals surface area contributed by atoms with E-state index < -0.39 is 0 Å². The van der Waals surface area contributed by atoms with Crippen molar-refractivity contribution in [1.29, 1.82) is 0 Å². The molecule has 1 aromatic rings. The first-order valence-corrected chi connectivity index (χ1v) is 7.58. The van der Waals surface area contributed by atoms with Gasteiger partial charge in [-0.1, -0.05) is 12.1 Å². The number of ether oxygens (including phenoxy) is 2. The fourth-order valence-corrected chi connectivity index (χ4v) is 4.97. The van der Waals surface area contributed by atoms with E-state index in [9.17, 15) is 4.79 Å². The zero-order chi connectivity index (χ0) is 14.2. The van der Waals surface area contributed by atoms with E-state index in [4.69, 9.17) is 9.47 Å². The van der Waals surface area contributed by atoms with Crippen molar-refractivity contribution in [2.75, 3.05) is 13.7 Å². The molecule has 108 valence electrons. The summed E-state index contributed by atoms with van der Waals surface area (Å²) in [5, 5.41) is 3.62. The number of carbonyl (C=O) groups is 1. The van der Waals surface area contributed by atoms with Gasteiger partial charge in [-0.15, -0.1) is 0 Å². The monoisotopic (exact) mass is 283 g/mol. The van der Waals surface area contributed by atoms with Crippen LogP contribution in [0.25, 0.3) is 0 Å². The smallest absolute Gasteiger partial charge is 0.196 e. The van der Waals surface area contributed by atoms with Crippen LogP contribution in [0.4, 0.5) is 0 Å². The molecule has 21 heavy (non-hydrogen) atoms. The first kappa shape index (κ1) is 11.8. The van der Waals surface area contributed by atoms with E-state index in [2.05, 4.69) is 17.5 Å². The summed E-state index contributed by atoms with van der Waals surface area (Å²) in [5.74, 6) is 2.00. The minimum atomic E-state index is -0.373. The summed E-state index contributed by atoms with van der Waals surface area (Å²) in [5.41, 5.74) is 2.37. The number of piperidine rings is 1. The van der Waals surface area contributed by atoms with E-state index in [1.54, 1.807) is 13.2 Å². The third-order valence-electron chi connectivity index (χ3n) is 5.74. The highest BCUT2D eigenvalue weighted by Crippen LogP contribution is 2.60. The van der Waals surface area contributed by atoms with E-state index in [1.165, 1.54) is 11.1 Å². The molecule has 1 N–H and O–H groups in total. The lowest BCUT2D eigenvalue weighted by Gasteiger charge is -2.52. The number of ketones is 1. The maximum Gasteiger partial charge on any atom is 0.196 e. The molecule has 1 aromatic carbocycles. The van der Waals surface area contributed by atoms with Gasteiger partial charge in [-0.25, -0.2) is 0 Å². The summed E-state index contributed by atoms with van der Waals surface area (Å²) in [6, 6.07) is 4.52. The molecule has 4 atom stereocenters. The van der Waals surface area contributed by atoms with Crippen LogP contribution in [0.2, 0.25) is 0 Å². The Bertz CT molecular complexity index is 696. The van der Waals surface area contributed by atoms with E-state index in [-0.39, 0.29) is 17.3 Å². The number of hydrogen-bond acceptors (Lipinski definition) is 4. The number of benzene rings is 1. The second kappa shape index (κ2) is 3.69. The summed E-state index contributed by atoms with van der Waals surface area (Å²) in [6.07, 6.45) is 5.39. The van der Waals surface area contributed by atoms with Gasteiger partial charge in [0.25, 0.3) is 0 Å². The predicted molar refractivity (Wildman–Crippen MR) is 76.8 cm³/mol. The fraction of sp³-hybridized carbons (Fsp3) is 0.471. The number of nitrogens with one attached hydrogen (secondary N) is 1. The molecule has 4 nitrogen and oxygen atoms in total. The molecule has 4 aliphatic rings. The predicted octanol–water partition coefficient (Wildman–Crippen LogP) is 1.37. The second-order valence-electron chi connectivity index (χ2n) is 6.47. The Labute approximate surface area is 123 Å². The van der Waals surface area contributed by atoms with Crippen LogP contribution < -0.4 is 14.8 Å². The average molecular weight is 283 g/mol. The number of methoxy groups -OCH3 is 1. The number of carbonyl (C=O) groups excluding carboxylic acids is 1. The Kier molecular flexibility index (Phi) is 2.07. The molecule has 2 heterocycles. The largest absolute Gasteiger partial charge is 0.493 e. The van der Waals surface area contributed by atoms with Gasteiger partial charge in [0.2, 0.25) is 0 Å². The molecule has 1 spiro atoms. The molecule has 0 unspecified atom stereocenters. The number of rotatable bonds is 1. The van der Waals surface area contributed by atoms with Crippen LogP contribution in [-0.4, -0.2) is 31.6 Å². The molecule has 0 saturated carbocycles. The molecule has 0 aromatic heterocycles. The Morgan fingerprint density at radius 1 is 1.43 bits per heavy atom. The van der Waals surface area contributed by atoms with Crippen LogP contribution in [0.1, 0.15) is 17.5 Å². The van der Waals surface area contributed by atoms with Crippen molar-refractivity contribution in [2.45, 2.75) is 30.4 Å². The molecular weight excluding hydrogens is 266 g/mol. The van der Waals surface area contributed by atoms with Crippen molar-refractivity contribution >= 4 is 5.78 Å². The van der Waals surface area contributed by atoms with Gasteiger partial charge in [0, 0.05) is 17.5 Å². The molecule has 1 saturated heterocycles. The number of hydrogen-bond donors (Lipinski definition) is 1. The minimum Gasteiger partial charge on any atom is -0.493 e. The van der Waals surface area contributed by atoms with Crippen molar-refractivity contribution in [3.05, 3.63) is 35.4 Å². The summed E-state index contributed by atoms with van der Waals surface area (Å²) < 4.78 is 11.6. The first-order chi connectivity index (χ1) is 10.3. The summed E-state index contributed by atoms with van der Waals surface area (Å²) >= 11 is 0. The van der Waals surface area contributed by atoms with Gasteiger partial charge in [0.15, 0.2) is 23.4 Å². The van der Waals surface area contributed by atoms with Gasteiger partial charge in [-0.05, 0) is 37.1 Å². The molecule has 1 fully saturated rings. The van der Waals surface area contributed by atoms with Crippen LogP contribution in [0.3, 0.4) is 0 Å². The molecule has 4 heteroatoms. The molecule has 0 amide bonds. The molecule has 2 aliphatic heterocycles. The third kappa shape index (κ3) is 1.19. The van der Waals surface area contributed by atoms with Crippen LogP contribution in [0.5, 0.6) is 11.5 Å². The van der Waals surface area contributed by atoms with Gasteiger partial charge in [-0.2, -0.15) is 0 Å². The SMILES string of the molecule is COc1ccc2c3c1O[C@H]1C(=O)C=C[C@H]4[C@@H](C2)NCC[C@]314. The van der Waals surface area contributed by atoms with Crippen LogP contribution in [-0.2, 0) is 16.6 Å². The van der Waals surface area contributed by atoms with Gasteiger partial charge in [0.1, 0.15) is 0 Å². The Morgan fingerprint density at radius 2 is 2.33 bits per heavy atom. The highest BCUT2D eigenvalue weighted by molar-refractivity contribution is 5.98. The van der Waals surface area contributed by atoms with E-state index >= 15 is 0 Å². The molecule has 5 rings (SSSR count). The lowest BCUT2D eigenvalue weighted by Crippen LogP contribution is -2.63. The molecule has 2 bridgehead atoms. The average Bonchev–Trinajstić information content (AvgIpc) is 2.83. The lowest BCUT2D eigenvalue weighted by atomic mass is 9.54. The maximum absolute atomic E-state index is 12.4. The van der Waals surface area contributed by atoms with Crippen LogP contribution in [0, 0.1) is 5.92 Å². The molecule has 0 radical (unpaired) electrons. The van der Waals surface area contributed by atoms with Crippen LogP contribution in [0.15, 0.2) is 24.3 Å². The van der Waals surface area contributed by atoms with Crippen molar-refractivity contribution in [3.63, 3.8) is 0 Å². The highest BCUT2D eigenvalue weighted by Gasteiger charge is 2.63. The van der Waals surface area contributed by atoms with Gasteiger partial charge < -0.3 is 14.8 Å². The first-order valence-electron chi connectivity index (χ1n) is 7.58. The lowest BCUT2D eigenvalue weighted by molar-refractivity contribution is -0.125. The van der Waals surface area contributed by atoms with Crippen molar-refractivity contribution < 1.29 is 14.3 Å². The minimum absolute atomic E-state index is 0.0954. The Hall–Kier alpha value is -1.81. The molecule has 2 aliphatic carbocycles. The summed E-state index contributed by atoms with van der Waals surface area (Å²) in [7, 11) is 1.66. The quantitative estimate of drug-likeness (QED) is 0.845. The van der Waals surface area contributed by atoms with Gasteiger partial charge in [-0.3, -0.25) is 4.79 Å². The summed E-state index contributed by atoms with van der Waals surface area (Å²) in [6.45, 7) is 0.943. The second-order valence-corrected chi connectivity index (χ2v) is 6.47. The van der Waals surface area contributed by atoms with Crippen LogP contribution >= 0.6 is 0 Å². The topological polar surface area (TPSA) is 47.6 Å². The third-order valence-corrected chi connectivity index (χ3v) is 5.74. The Morgan fingerprint density at radius 3 is 3.19 bits per heavy atom. The normalized spacial score (nSPS) is 38.0. The maximum atomic E-state index is 12.4. The van der Waals surface area contributed by atoms with Crippen molar-refractivity contribution in [2.24, 2.45) is 5.92 Å². The Balaban J connectivity index is 1.86. The fourth-order valence-electron chi connectivity index (χ4n) is 4.97. The van der Waals surface area contributed by atoms with E-state index in [0.717, 1.165) is 30.9 Å². The summed E-state index contributed by atoms with van der Waals surface area (Å²) in [4.78, 5) is 12.4.